The lowest BCUT2D eigenvalue weighted by Crippen LogP contribution is -2.35. The number of carbonyl (C=O) groups is 1. The lowest BCUT2D eigenvalue weighted by molar-refractivity contribution is -0.118. The van der Waals surface area contributed by atoms with Crippen LogP contribution >= 0.6 is 11.8 Å². The molecule has 0 radical (unpaired) electrons. The minimum absolute atomic E-state index is 0.0200. The summed E-state index contributed by atoms with van der Waals surface area (Å²) in [5.74, 6) is 0.954. The molecule has 1 unspecified atom stereocenters. The third-order valence-electron chi connectivity index (χ3n) is 4.64. The van der Waals surface area contributed by atoms with Gasteiger partial charge in [-0.15, -0.1) is 5.10 Å². The van der Waals surface area contributed by atoms with Gasteiger partial charge in [-0.25, -0.2) is 10.1 Å². The van der Waals surface area contributed by atoms with Gasteiger partial charge in [0.1, 0.15) is 0 Å². The molecule has 8 heteroatoms. The zero-order chi connectivity index (χ0) is 19.5. The highest BCUT2D eigenvalue weighted by molar-refractivity contribution is 7.99. The first kappa shape index (κ1) is 18.5. The van der Waals surface area contributed by atoms with Crippen LogP contribution in [0.2, 0.25) is 0 Å². The third-order valence-corrected chi connectivity index (χ3v) is 5.57. The largest absolute Gasteiger partial charge is 0.353 e. The van der Waals surface area contributed by atoms with Crippen LogP contribution in [0, 0.1) is 0 Å². The van der Waals surface area contributed by atoms with Gasteiger partial charge in [0.15, 0.2) is 5.16 Å². The summed E-state index contributed by atoms with van der Waals surface area (Å²) >= 11 is 1.39. The molecule has 4 rings (SSSR count). The van der Waals surface area contributed by atoms with E-state index in [0.29, 0.717) is 18.1 Å². The normalized spacial score (nSPS) is 12.7. The second kappa shape index (κ2) is 8.04. The van der Waals surface area contributed by atoms with E-state index in [2.05, 4.69) is 37.5 Å². The van der Waals surface area contributed by atoms with Crippen molar-refractivity contribution in [1.82, 2.24) is 29.8 Å². The fourth-order valence-corrected chi connectivity index (χ4v) is 3.99. The lowest BCUT2D eigenvalue weighted by atomic mass is 10.1. The maximum Gasteiger partial charge on any atom is 0.231 e. The number of nitrogens with one attached hydrogen (secondary N) is 2. The molecule has 0 aliphatic rings. The van der Waals surface area contributed by atoms with E-state index in [9.17, 15) is 4.79 Å². The second-order valence-corrected chi connectivity index (χ2v) is 7.69. The zero-order valence-electron chi connectivity index (χ0n) is 15.8. The predicted octanol–water partition coefficient (Wildman–Crippen LogP) is 2.72. The van der Waals surface area contributed by atoms with Crippen molar-refractivity contribution in [2.24, 2.45) is 0 Å². The summed E-state index contributed by atoms with van der Waals surface area (Å²) in [5.41, 5.74) is 3.06. The molecule has 0 bridgehead atoms. The molecular formula is C20H22N6OS. The molecule has 0 aliphatic heterocycles. The van der Waals surface area contributed by atoms with E-state index >= 15 is 0 Å². The lowest BCUT2D eigenvalue weighted by Gasteiger charge is -2.25. The number of hydrogen-bond acceptors (Lipinski definition) is 5. The number of para-hydroxylation sites is 2. The number of carbonyl (C=O) groups excluding carboxylic acids is 1. The zero-order valence-corrected chi connectivity index (χ0v) is 16.6. The van der Waals surface area contributed by atoms with Crippen molar-refractivity contribution in [2.75, 3.05) is 26.4 Å². The van der Waals surface area contributed by atoms with Crippen molar-refractivity contribution in [3.63, 3.8) is 0 Å². The average molecular weight is 395 g/mol. The van der Waals surface area contributed by atoms with Crippen LogP contribution in [0.15, 0.2) is 59.8 Å². The van der Waals surface area contributed by atoms with Gasteiger partial charge in [0.05, 0.1) is 22.8 Å². The van der Waals surface area contributed by atoms with Crippen LogP contribution in [0.5, 0.6) is 0 Å². The van der Waals surface area contributed by atoms with Crippen molar-refractivity contribution in [1.29, 1.82) is 0 Å². The molecule has 2 N–H and O–H groups in total. The molecule has 1 atom stereocenters. The SMILES string of the molecule is CN(C)C(CNC(=O)CSc1n[nH]c2nc3ccccc3n12)c1ccccc1. The number of aromatic nitrogens is 4. The maximum atomic E-state index is 12.4. The van der Waals surface area contributed by atoms with Crippen LogP contribution in [0.1, 0.15) is 11.6 Å². The van der Waals surface area contributed by atoms with Gasteiger partial charge in [-0.1, -0.05) is 54.2 Å². The summed E-state index contributed by atoms with van der Waals surface area (Å²) in [5, 5.41) is 11.0. The van der Waals surface area contributed by atoms with Gasteiger partial charge in [-0.05, 0) is 31.8 Å². The molecule has 0 spiro atoms. The van der Waals surface area contributed by atoms with Crippen molar-refractivity contribution in [2.45, 2.75) is 11.2 Å². The average Bonchev–Trinajstić information content (AvgIpc) is 3.26. The minimum atomic E-state index is -0.0200. The van der Waals surface area contributed by atoms with E-state index < -0.39 is 0 Å². The topological polar surface area (TPSA) is 78.3 Å². The first-order valence-corrected chi connectivity index (χ1v) is 10.0. The third kappa shape index (κ3) is 3.74. The fraction of sp³-hybridized carbons (Fsp3) is 0.250. The smallest absolute Gasteiger partial charge is 0.231 e. The molecule has 2 heterocycles. The Bertz CT molecular complexity index is 1090. The summed E-state index contributed by atoms with van der Waals surface area (Å²) in [6.07, 6.45) is 0. The van der Waals surface area contributed by atoms with E-state index in [1.165, 1.54) is 17.3 Å². The number of thioether (sulfide) groups is 1. The van der Waals surface area contributed by atoms with Gasteiger partial charge in [-0.3, -0.25) is 9.20 Å². The van der Waals surface area contributed by atoms with Crippen molar-refractivity contribution >= 4 is 34.5 Å². The number of likely N-dealkylation sites (N-methyl/N-ethyl adjacent to an activating group) is 1. The summed E-state index contributed by atoms with van der Waals surface area (Å²) in [7, 11) is 4.03. The van der Waals surface area contributed by atoms with E-state index in [1.807, 2.05) is 61.0 Å². The van der Waals surface area contributed by atoms with Gasteiger partial charge >= 0.3 is 0 Å². The number of aromatic amines is 1. The predicted molar refractivity (Wildman–Crippen MR) is 111 cm³/mol. The molecule has 0 saturated carbocycles. The van der Waals surface area contributed by atoms with E-state index in [1.54, 1.807) is 0 Å². The van der Waals surface area contributed by atoms with Crippen LogP contribution < -0.4 is 5.32 Å². The molecule has 0 fully saturated rings. The minimum Gasteiger partial charge on any atom is -0.353 e. The Morgan fingerprint density at radius 3 is 2.71 bits per heavy atom. The highest BCUT2D eigenvalue weighted by atomic mass is 32.2. The van der Waals surface area contributed by atoms with Gasteiger partial charge in [0.25, 0.3) is 0 Å². The van der Waals surface area contributed by atoms with Crippen molar-refractivity contribution in [3.8, 4) is 0 Å². The highest BCUT2D eigenvalue weighted by Crippen LogP contribution is 2.23. The molecule has 2 aromatic heterocycles. The Hall–Kier alpha value is -2.84. The Balaban J connectivity index is 1.40. The molecule has 7 nitrogen and oxygen atoms in total. The van der Waals surface area contributed by atoms with Gasteiger partial charge < -0.3 is 10.2 Å². The molecular weight excluding hydrogens is 372 g/mol. The van der Waals surface area contributed by atoms with Gasteiger partial charge in [-0.2, -0.15) is 0 Å². The number of amides is 1. The standard InChI is InChI=1S/C20H22N6OS/c1-25(2)17(14-8-4-3-5-9-14)12-21-18(27)13-28-20-24-23-19-22-15-10-6-7-11-16(15)26(19)20/h3-11,17H,12-13H2,1-2H3,(H,21,27)(H,22,23). The monoisotopic (exact) mass is 394 g/mol. The van der Waals surface area contributed by atoms with E-state index in [-0.39, 0.29) is 11.9 Å². The number of nitrogens with zero attached hydrogens (tertiary/aromatic N) is 4. The second-order valence-electron chi connectivity index (χ2n) is 6.75. The number of rotatable bonds is 7. The number of hydrogen-bond donors (Lipinski definition) is 2. The molecule has 2 aromatic carbocycles. The molecule has 1 amide bonds. The first-order chi connectivity index (χ1) is 13.6. The Morgan fingerprint density at radius 1 is 1.18 bits per heavy atom. The number of H-pyrrole nitrogens is 1. The molecule has 0 aliphatic carbocycles. The van der Waals surface area contributed by atoms with Crippen LogP contribution in [0.4, 0.5) is 0 Å². The van der Waals surface area contributed by atoms with Crippen molar-refractivity contribution < 1.29 is 4.79 Å². The van der Waals surface area contributed by atoms with Crippen LogP contribution in [-0.2, 0) is 4.79 Å². The molecule has 4 aromatic rings. The Kier molecular flexibility index (Phi) is 5.31. The van der Waals surface area contributed by atoms with Crippen molar-refractivity contribution in [3.05, 3.63) is 60.2 Å². The summed E-state index contributed by atoms with van der Waals surface area (Å²) < 4.78 is 1.94. The Morgan fingerprint density at radius 2 is 1.93 bits per heavy atom. The maximum absolute atomic E-state index is 12.4. The van der Waals surface area contributed by atoms with Crippen LogP contribution in [0.3, 0.4) is 0 Å². The number of imidazole rings is 1. The first-order valence-electron chi connectivity index (χ1n) is 9.06. The fourth-order valence-electron chi connectivity index (χ4n) is 3.20. The summed E-state index contributed by atoms with van der Waals surface area (Å²) in [6, 6.07) is 18.2. The quantitative estimate of drug-likeness (QED) is 0.471. The van der Waals surface area contributed by atoms with Gasteiger partial charge in [0, 0.05) is 6.54 Å². The number of benzene rings is 2. The van der Waals surface area contributed by atoms with Crippen LogP contribution in [0.25, 0.3) is 16.8 Å². The summed E-state index contributed by atoms with van der Waals surface area (Å²) in [4.78, 5) is 19.0. The Labute approximate surface area is 167 Å². The van der Waals surface area contributed by atoms with E-state index in [0.717, 1.165) is 16.2 Å². The number of fused-ring (bicyclic) bond motifs is 3. The highest BCUT2D eigenvalue weighted by Gasteiger charge is 2.16. The summed E-state index contributed by atoms with van der Waals surface area (Å²) in [6.45, 7) is 0.556. The van der Waals surface area contributed by atoms with Crippen LogP contribution in [-0.4, -0.2) is 56.8 Å². The molecule has 28 heavy (non-hydrogen) atoms. The van der Waals surface area contributed by atoms with Gasteiger partial charge in [0.2, 0.25) is 11.7 Å². The van der Waals surface area contributed by atoms with E-state index in [4.69, 9.17) is 0 Å². The molecule has 0 saturated heterocycles. The molecule has 144 valence electrons.